The molecule has 1 unspecified atom stereocenters. The molecule has 0 heterocycles. The molecule has 2 aromatic rings. The van der Waals surface area contributed by atoms with E-state index in [0.717, 1.165) is 27.4 Å². The summed E-state index contributed by atoms with van der Waals surface area (Å²) >= 11 is 0. The standard InChI is InChI=1S/C20H26N2O4S/c1-15-9-8-12-18(16(15)2)26-14-13-21-20(23)19(22(3)27(4,24)25)17-10-6-5-7-11-17/h5-12,19H,13-14H2,1-4H3,(H,21,23). The fourth-order valence-electron chi connectivity index (χ4n) is 2.67. The molecule has 1 amide bonds. The second-order valence-electron chi connectivity index (χ2n) is 6.43. The molecule has 2 aromatic carbocycles. The number of carbonyl (C=O) groups excluding carboxylic acids is 1. The van der Waals surface area contributed by atoms with Gasteiger partial charge in [-0.2, -0.15) is 4.31 Å². The van der Waals surface area contributed by atoms with Crippen LogP contribution in [0.2, 0.25) is 0 Å². The monoisotopic (exact) mass is 390 g/mol. The Hall–Kier alpha value is -2.38. The van der Waals surface area contributed by atoms with Gasteiger partial charge in [-0.1, -0.05) is 42.5 Å². The summed E-state index contributed by atoms with van der Waals surface area (Å²) in [7, 11) is -2.14. The van der Waals surface area contributed by atoms with Crippen molar-refractivity contribution in [2.24, 2.45) is 0 Å². The minimum Gasteiger partial charge on any atom is -0.491 e. The van der Waals surface area contributed by atoms with Crippen LogP contribution in [0.4, 0.5) is 0 Å². The van der Waals surface area contributed by atoms with Gasteiger partial charge in [-0.15, -0.1) is 0 Å². The van der Waals surface area contributed by atoms with Crippen molar-refractivity contribution in [1.29, 1.82) is 0 Å². The van der Waals surface area contributed by atoms with Crippen LogP contribution in [0, 0.1) is 13.8 Å². The first-order valence-corrected chi connectivity index (χ1v) is 10.5. The Morgan fingerprint density at radius 3 is 2.41 bits per heavy atom. The van der Waals surface area contributed by atoms with E-state index in [1.807, 2.05) is 38.1 Å². The quantitative estimate of drug-likeness (QED) is 0.703. The first-order valence-electron chi connectivity index (χ1n) is 8.66. The van der Waals surface area contributed by atoms with Crippen molar-refractivity contribution in [3.05, 3.63) is 65.2 Å². The van der Waals surface area contributed by atoms with Crippen LogP contribution in [-0.2, 0) is 14.8 Å². The second-order valence-corrected chi connectivity index (χ2v) is 8.47. The molecule has 0 saturated heterocycles. The third-order valence-corrected chi connectivity index (χ3v) is 5.72. The molecule has 0 aliphatic carbocycles. The first kappa shape index (κ1) is 20.9. The smallest absolute Gasteiger partial charge is 0.243 e. The largest absolute Gasteiger partial charge is 0.491 e. The van der Waals surface area contributed by atoms with Gasteiger partial charge in [0, 0.05) is 7.05 Å². The summed E-state index contributed by atoms with van der Waals surface area (Å²) in [5.74, 6) is 0.385. The number of likely N-dealkylation sites (N-methyl/N-ethyl adjacent to an activating group) is 1. The number of sulfonamides is 1. The van der Waals surface area contributed by atoms with Crippen LogP contribution in [0.5, 0.6) is 5.75 Å². The molecule has 0 aliphatic rings. The Morgan fingerprint density at radius 2 is 1.78 bits per heavy atom. The van der Waals surface area contributed by atoms with Gasteiger partial charge in [0.05, 0.1) is 12.8 Å². The Bertz CT molecular complexity index is 882. The molecule has 0 spiro atoms. The first-order chi connectivity index (χ1) is 12.7. The zero-order valence-corrected chi connectivity index (χ0v) is 16.9. The summed E-state index contributed by atoms with van der Waals surface area (Å²) in [4.78, 5) is 12.7. The molecule has 2 rings (SSSR count). The molecule has 0 radical (unpaired) electrons. The summed E-state index contributed by atoms with van der Waals surface area (Å²) in [6, 6.07) is 13.7. The van der Waals surface area contributed by atoms with Crippen molar-refractivity contribution in [2.45, 2.75) is 19.9 Å². The molecule has 6 nitrogen and oxygen atoms in total. The van der Waals surface area contributed by atoms with Crippen LogP contribution in [0.1, 0.15) is 22.7 Å². The predicted molar refractivity (Wildman–Crippen MR) is 106 cm³/mol. The highest BCUT2D eigenvalue weighted by atomic mass is 32.2. The van der Waals surface area contributed by atoms with E-state index in [2.05, 4.69) is 5.32 Å². The fourth-order valence-corrected chi connectivity index (χ4v) is 3.27. The van der Waals surface area contributed by atoms with Gasteiger partial charge in [-0.25, -0.2) is 8.42 Å². The molecule has 1 N–H and O–H groups in total. The SMILES string of the molecule is Cc1cccc(OCCNC(=O)C(c2ccccc2)N(C)S(C)(=O)=O)c1C. The minimum absolute atomic E-state index is 0.271. The topological polar surface area (TPSA) is 75.7 Å². The van der Waals surface area contributed by atoms with Gasteiger partial charge in [-0.3, -0.25) is 4.79 Å². The van der Waals surface area contributed by atoms with Gasteiger partial charge < -0.3 is 10.1 Å². The molecule has 7 heteroatoms. The van der Waals surface area contributed by atoms with E-state index in [1.54, 1.807) is 24.3 Å². The number of aryl methyl sites for hydroxylation is 1. The molecule has 0 aromatic heterocycles. The van der Waals surface area contributed by atoms with Crippen molar-refractivity contribution >= 4 is 15.9 Å². The number of rotatable bonds is 8. The average molecular weight is 391 g/mol. The van der Waals surface area contributed by atoms with Gasteiger partial charge in [0.25, 0.3) is 0 Å². The van der Waals surface area contributed by atoms with Crippen molar-refractivity contribution in [3.63, 3.8) is 0 Å². The highest BCUT2D eigenvalue weighted by Gasteiger charge is 2.30. The zero-order chi connectivity index (χ0) is 20.0. The molecule has 0 saturated carbocycles. The number of nitrogens with one attached hydrogen (secondary N) is 1. The summed E-state index contributed by atoms with van der Waals surface area (Å²) in [6.45, 7) is 4.55. The average Bonchev–Trinajstić information content (AvgIpc) is 2.62. The molecule has 27 heavy (non-hydrogen) atoms. The number of ether oxygens (including phenoxy) is 1. The third-order valence-electron chi connectivity index (χ3n) is 4.46. The van der Waals surface area contributed by atoms with Crippen LogP contribution in [0.3, 0.4) is 0 Å². The van der Waals surface area contributed by atoms with Crippen LogP contribution >= 0.6 is 0 Å². The van der Waals surface area contributed by atoms with Gasteiger partial charge in [-0.05, 0) is 36.6 Å². The minimum atomic E-state index is -3.54. The van der Waals surface area contributed by atoms with Gasteiger partial charge in [0.15, 0.2) is 0 Å². The lowest BCUT2D eigenvalue weighted by Crippen LogP contribution is -2.42. The zero-order valence-electron chi connectivity index (χ0n) is 16.1. The van der Waals surface area contributed by atoms with E-state index < -0.39 is 22.0 Å². The predicted octanol–water partition coefficient (Wildman–Crippen LogP) is 2.43. The lowest BCUT2D eigenvalue weighted by Gasteiger charge is -2.25. The summed E-state index contributed by atoms with van der Waals surface area (Å²) in [5, 5.41) is 2.77. The van der Waals surface area contributed by atoms with Crippen molar-refractivity contribution in [3.8, 4) is 5.75 Å². The highest BCUT2D eigenvalue weighted by molar-refractivity contribution is 7.88. The summed E-state index contributed by atoms with van der Waals surface area (Å²) in [6.07, 6.45) is 1.08. The molecule has 0 fully saturated rings. The van der Waals surface area contributed by atoms with Gasteiger partial charge >= 0.3 is 0 Å². The molecule has 146 valence electrons. The van der Waals surface area contributed by atoms with E-state index in [-0.39, 0.29) is 6.54 Å². The van der Waals surface area contributed by atoms with Crippen molar-refractivity contribution < 1.29 is 17.9 Å². The molecule has 0 aliphatic heterocycles. The van der Waals surface area contributed by atoms with E-state index in [1.165, 1.54) is 7.05 Å². The number of hydrogen-bond donors (Lipinski definition) is 1. The van der Waals surface area contributed by atoms with Crippen LogP contribution in [-0.4, -0.2) is 45.1 Å². The van der Waals surface area contributed by atoms with Crippen LogP contribution < -0.4 is 10.1 Å². The maximum atomic E-state index is 12.7. The van der Waals surface area contributed by atoms with Crippen LogP contribution in [0.15, 0.2) is 48.5 Å². The Balaban J connectivity index is 2.03. The Labute approximate surface area is 161 Å². The second kappa shape index (κ2) is 9.01. The number of carbonyl (C=O) groups is 1. The van der Waals surface area contributed by atoms with Crippen LogP contribution in [0.25, 0.3) is 0 Å². The van der Waals surface area contributed by atoms with E-state index in [0.29, 0.717) is 12.2 Å². The molecular formula is C20H26N2O4S. The van der Waals surface area contributed by atoms with Crippen molar-refractivity contribution in [2.75, 3.05) is 26.5 Å². The Kier molecular flexibility index (Phi) is 6.98. The third kappa shape index (κ3) is 5.55. The number of nitrogens with zero attached hydrogens (tertiary/aromatic N) is 1. The maximum Gasteiger partial charge on any atom is 0.243 e. The molecule has 1 atom stereocenters. The lowest BCUT2D eigenvalue weighted by atomic mass is 10.1. The highest BCUT2D eigenvalue weighted by Crippen LogP contribution is 2.22. The number of benzene rings is 2. The molecule has 0 bridgehead atoms. The molecular weight excluding hydrogens is 364 g/mol. The summed E-state index contributed by atoms with van der Waals surface area (Å²) < 4.78 is 30.7. The normalized spacial score (nSPS) is 12.6. The number of amides is 1. The van der Waals surface area contributed by atoms with Gasteiger partial charge in [0.1, 0.15) is 18.4 Å². The maximum absolute atomic E-state index is 12.7. The number of hydrogen-bond acceptors (Lipinski definition) is 4. The van der Waals surface area contributed by atoms with Crippen molar-refractivity contribution in [1.82, 2.24) is 9.62 Å². The Morgan fingerprint density at radius 1 is 1.11 bits per heavy atom. The van der Waals surface area contributed by atoms with E-state index in [4.69, 9.17) is 4.74 Å². The van der Waals surface area contributed by atoms with Gasteiger partial charge in [0.2, 0.25) is 15.9 Å². The lowest BCUT2D eigenvalue weighted by molar-refractivity contribution is -0.124. The fraction of sp³-hybridized carbons (Fsp3) is 0.350. The van der Waals surface area contributed by atoms with E-state index >= 15 is 0 Å². The van der Waals surface area contributed by atoms with E-state index in [9.17, 15) is 13.2 Å². The summed E-state index contributed by atoms with van der Waals surface area (Å²) in [5.41, 5.74) is 2.80.